The highest BCUT2D eigenvalue weighted by molar-refractivity contribution is 5.85. The van der Waals surface area contributed by atoms with Gasteiger partial charge in [0.2, 0.25) is 5.91 Å². The molecular formula is C12H21NO4. The van der Waals surface area contributed by atoms with E-state index >= 15 is 0 Å². The van der Waals surface area contributed by atoms with Crippen molar-refractivity contribution in [2.24, 2.45) is 17.8 Å². The lowest BCUT2D eigenvalue weighted by atomic mass is 9.95. The number of hydrogen-bond acceptors (Lipinski definition) is 3. The van der Waals surface area contributed by atoms with Crippen molar-refractivity contribution in [3.8, 4) is 0 Å². The van der Waals surface area contributed by atoms with Crippen LogP contribution in [0.1, 0.15) is 33.1 Å². The van der Waals surface area contributed by atoms with Gasteiger partial charge in [0.25, 0.3) is 0 Å². The molecule has 0 aromatic carbocycles. The van der Waals surface area contributed by atoms with E-state index in [9.17, 15) is 9.59 Å². The average molecular weight is 243 g/mol. The molecule has 3 N–H and O–H groups in total. The monoisotopic (exact) mass is 243 g/mol. The molecule has 98 valence electrons. The molecule has 0 bridgehead atoms. The molecule has 0 heterocycles. The minimum atomic E-state index is -0.891. The zero-order chi connectivity index (χ0) is 13.0. The molecule has 5 heteroatoms. The van der Waals surface area contributed by atoms with Crippen molar-refractivity contribution >= 4 is 11.9 Å². The van der Waals surface area contributed by atoms with Crippen LogP contribution >= 0.6 is 0 Å². The van der Waals surface area contributed by atoms with Crippen LogP contribution in [-0.4, -0.2) is 34.7 Å². The van der Waals surface area contributed by atoms with E-state index < -0.39 is 17.8 Å². The number of aliphatic carboxylic acids is 1. The maximum atomic E-state index is 11.9. The molecule has 0 aromatic rings. The highest BCUT2D eigenvalue weighted by Gasteiger charge is 2.42. The van der Waals surface area contributed by atoms with Crippen LogP contribution in [0.15, 0.2) is 0 Å². The van der Waals surface area contributed by atoms with Gasteiger partial charge < -0.3 is 15.5 Å². The Hall–Kier alpha value is -1.10. The van der Waals surface area contributed by atoms with Crippen LogP contribution in [-0.2, 0) is 9.59 Å². The second kappa shape index (κ2) is 6.00. The highest BCUT2D eigenvalue weighted by Crippen LogP contribution is 2.38. The zero-order valence-corrected chi connectivity index (χ0v) is 10.3. The molecule has 17 heavy (non-hydrogen) atoms. The SMILES string of the molecule is CCC1C[C@H](C(=O)NC(C)CO)[C@H](C(=O)O)C1. The maximum absolute atomic E-state index is 11.9. The summed E-state index contributed by atoms with van der Waals surface area (Å²) < 4.78 is 0. The van der Waals surface area contributed by atoms with Crippen molar-refractivity contribution in [3.05, 3.63) is 0 Å². The molecule has 0 spiro atoms. The van der Waals surface area contributed by atoms with Gasteiger partial charge in [0, 0.05) is 6.04 Å². The number of carboxylic acids is 1. The van der Waals surface area contributed by atoms with Gasteiger partial charge in [-0.05, 0) is 25.7 Å². The van der Waals surface area contributed by atoms with Gasteiger partial charge in [-0.2, -0.15) is 0 Å². The van der Waals surface area contributed by atoms with Crippen LogP contribution in [0.4, 0.5) is 0 Å². The van der Waals surface area contributed by atoms with Crippen molar-refractivity contribution in [1.29, 1.82) is 0 Å². The summed E-state index contributed by atoms with van der Waals surface area (Å²) >= 11 is 0. The van der Waals surface area contributed by atoms with E-state index in [-0.39, 0.29) is 18.6 Å². The van der Waals surface area contributed by atoms with E-state index in [2.05, 4.69) is 5.32 Å². The van der Waals surface area contributed by atoms with Gasteiger partial charge in [0.1, 0.15) is 0 Å². The van der Waals surface area contributed by atoms with Crippen molar-refractivity contribution in [1.82, 2.24) is 5.32 Å². The Balaban J connectivity index is 2.66. The first kappa shape index (κ1) is 14.0. The average Bonchev–Trinajstić information content (AvgIpc) is 2.72. The molecule has 4 atom stereocenters. The highest BCUT2D eigenvalue weighted by atomic mass is 16.4. The van der Waals surface area contributed by atoms with Gasteiger partial charge >= 0.3 is 5.97 Å². The van der Waals surface area contributed by atoms with Gasteiger partial charge in [-0.25, -0.2) is 0 Å². The standard InChI is InChI=1S/C12H21NO4/c1-3-8-4-9(10(5-8)12(16)17)11(15)13-7(2)6-14/h7-10,14H,3-6H2,1-2H3,(H,13,15)(H,16,17)/t7?,8?,9-,10+/m0/s1. The lowest BCUT2D eigenvalue weighted by molar-refractivity contribution is -0.146. The minimum absolute atomic E-state index is 0.132. The van der Waals surface area contributed by atoms with Crippen LogP contribution in [0.5, 0.6) is 0 Å². The van der Waals surface area contributed by atoms with Crippen molar-refractivity contribution in [2.45, 2.75) is 39.2 Å². The Morgan fingerprint density at radius 3 is 2.41 bits per heavy atom. The molecule has 1 aliphatic carbocycles. The summed E-state index contributed by atoms with van der Waals surface area (Å²) in [5.74, 6) is -1.85. The first-order chi connectivity index (χ1) is 7.99. The summed E-state index contributed by atoms with van der Waals surface area (Å²) in [5, 5.41) is 20.6. The number of aliphatic hydroxyl groups excluding tert-OH is 1. The fraction of sp³-hybridized carbons (Fsp3) is 0.833. The molecule has 0 aromatic heterocycles. The van der Waals surface area contributed by atoms with Crippen molar-refractivity contribution in [2.75, 3.05) is 6.61 Å². The summed E-state index contributed by atoms with van der Waals surface area (Å²) in [6.07, 6.45) is 2.12. The summed E-state index contributed by atoms with van der Waals surface area (Å²) in [6, 6.07) is -0.322. The second-order valence-electron chi connectivity index (χ2n) is 4.89. The molecule has 2 unspecified atom stereocenters. The van der Waals surface area contributed by atoms with Crippen LogP contribution in [0.25, 0.3) is 0 Å². The summed E-state index contributed by atoms with van der Waals surface area (Å²) in [4.78, 5) is 23.0. The van der Waals surface area contributed by atoms with Gasteiger partial charge in [-0.1, -0.05) is 13.3 Å². The molecule has 0 saturated heterocycles. The van der Waals surface area contributed by atoms with E-state index in [1.165, 1.54) is 0 Å². The molecule has 1 fully saturated rings. The Labute approximate surface area is 101 Å². The van der Waals surface area contributed by atoms with E-state index in [0.717, 1.165) is 6.42 Å². The predicted octanol–water partition coefficient (Wildman–Crippen LogP) is 0.620. The number of rotatable bonds is 5. The van der Waals surface area contributed by atoms with Crippen molar-refractivity contribution < 1.29 is 19.8 Å². The second-order valence-corrected chi connectivity index (χ2v) is 4.89. The Morgan fingerprint density at radius 2 is 1.94 bits per heavy atom. The number of aliphatic hydroxyl groups is 1. The van der Waals surface area contributed by atoms with Gasteiger partial charge in [0.15, 0.2) is 0 Å². The van der Waals surface area contributed by atoms with E-state index in [1.54, 1.807) is 6.92 Å². The van der Waals surface area contributed by atoms with E-state index in [0.29, 0.717) is 18.8 Å². The summed E-state index contributed by atoms with van der Waals surface area (Å²) in [5.41, 5.74) is 0. The number of carbonyl (C=O) groups is 2. The van der Waals surface area contributed by atoms with Gasteiger partial charge in [-0.3, -0.25) is 9.59 Å². The van der Waals surface area contributed by atoms with Crippen LogP contribution < -0.4 is 5.32 Å². The normalized spacial score (nSPS) is 29.9. The number of carboxylic acid groups (broad SMARTS) is 1. The number of nitrogens with one attached hydrogen (secondary N) is 1. The van der Waals surface area contributed by atoms with Crippen molar-refractivity contribution in [3.63, 3.8) is 0 Å². The molecular weight excluding hydrogens is 222 g/mol. The van der Waals surface area contributed by atoms with Crippen LogP contribution in [0, 0.1) is 17.8 Å². The van der Waals surface area contributed by atoms with Gasteiger partial charge in [0.05, 0.1) is 18.4 Å². The lowest BCUT2D eigenvalue weighted by Crippen LogP contribution is -2.41. The Morgan fingerprint density at radius 1 is 1.35 bits per heavy atom. The van der Waals surface area contributed by atoms with Gasteiger partial charge in [-0.15, -0.1) is 0 Å². The third-order valence-electron chi connectivity index (χ3n) is 3.55. The fourth-order valence-electron chi connectivity index (χ4n) is 2.43. The maximum Gasteiger partial charge on any atom is 0.307 e. The molecule has 1 rings (SSSR count). The molecule has 1 saturated carbocycles. The first-order valence-corrected chi connectivity index (χ1v) is 6.13. The predicted molar refractivity (Wildman–Crippen MR) is 62.3 cm³/mol. The first-order valence-electron chi connectivity index (χ1n) is 6.13. The van der Waals surface area contributed by atoms with E-state index in [4.69, 9.17) is 10.2 Å². The number of carbonyl (C=O) groups excluding carboxylic acids is 1. The molecule has 5 nitrogen and oxygen atoms in total. The van der Waals surface area contributed by atoms with Crippen LogP contribution in [0.2, 0.25) is 0 Å². The molecule has 0 aliphatic heterocycles. The third kappa shape index (κ3) is 3.43. The lowest BCUT2D eigenvalue weighted by Gasteiger charge is -2.18. The summed E-state index contributed by atoms with van der Waals surface area (Å²) in [7, 11) is 0. The number of amides is 1. The topological polar surface area (TPSA) is 86.6 Å². The fourth-order valence-corrected chi connectivity index (χ4v) is 2.43. The molecule has 0 radical (unpaired) electrons. The largest absolute Gasteiger partial charge is 0.481 e. The number of hydrogen-bond donors (Lipinski definition) is 3. The smallest absolute Gasteiger partial charge is 0.307 e. The third-order valence-corrected chi connectivity index (χ3v) is 3.55. The molecule has 1 amide bonds. The minimum Gasteiger partial charge on any atom is -0.481 e. The summed E-state index contributed by atoms with van der Waals surface area (Å²) in [6.45, 7) is 3.58. The Bertz CT molecular complexity index is 292. The quantitative estimate of drug-likeness (QED) is 0.660. The van der Waals surface area contributed by atoms with Crippen LogP contribution in [0.3, 0.4) is 0 Å². The zero-order valence-electron chi connectivity index (χ0n) is 10.3. The van der Waals surface area contributed by atoms with E-state index in [1.807, 2.05) is 6.92 Å². The molecule has 1 aliphatic rings. The Kier molecular flexibility index (Phi) is 4.93.